The van der Waals surface area contributed by atoms with Gasteiger partial charge in [-0.1, -0.05) is 38.3 Å². The third-order valence-electron chi connectivity index (χ3n) is 3.91. The van der Waals surface area contributed by atoms with Crippen LogP contribution in [-0.4, -0.2) is 36.9 Å². The van der Waals surface area contributed by atoms with Crippen molar-refractivity contribution in [2.24, 2.45) is 10.7 Å². The average molecular weight is 279 g/mol. The molecule has 1 atom stereocenters. The van der Waals surface area contributed by atoms with Crippen molar-refractivity contribution >= 4 is 6.21 Å². The highest BCUT2D eigenvalue weighted by atomic mass is 15.3. The maximum Gasteiger partial charge on any atom is 0.102 e. The number of nitrogens with zero attached hydrogens (tertiary/aromatic N) is 2. The van der Waals surface area contributed by atoms with Crippen LogP contribution in [0.15, 0.2) is 17.1 Å². The highest BCUT2D eigenvalue weighted by Crippen LogP contribution is 2.15. The van der Waals surface area contributed by atoms with E-state index in [9.17, 15) is 0 Å². The molecule has 1 rings (SSSR count). The zero-order valence-corrected chi connectivity index (χ0v) is 13.3. The number of allylic oxidation sites excluding steroid dienone is 2. The van der Waals surface area contributed by atoms with Crippen LogP contribution in [0.3, 0.4) is 0 Å². The molecule has 1 unspecified atom stereocenters. The van der Waals surface area contributed by atoms with Gasteiger partial charge in [0.15, 0.2) is 0 Å². The Labute approximate surface area is 125 Å². The summed E-state index contributed by atoms with van der Waals surface area (Å²) in [6.45, 7) is 4.96. The van der Waals surface area contributed by atoms with Crippen molar-refractivity contribution in [3.8, 4) is 0 Å². The fourth-order valence-corrected chi connectivity index (χ4v) is 2.67. The van der Waals surface area contributed by atoms with Crippen molar-refractivity contribution in [3.63, 3.8) is 0 Å². The van der Waals surface area contributed by atoms with Gasteiger partial charge in [-0.2, -0.15) is 0 Å². The Morgan fingerprint density at radius 2 is 1.90 bits per heavy atom. The Morgan fingerprint density at radius 1 is 1.15 bits per heavy atom. The molecular formula is C17H33N3. The molecule has 3 nitrogen and oxygen atoms in total. The summed E-state index contributed by atoms with van der Waals surface area (Å²) in [6.07, 6.45) is 18.8. The summed E-state index contributed by atoms with van der Waals surface area (Å²) in [5.74, 6) is 0. The Morgan fingerprint density at radius 3 is 2.60 bits per heavy atom. The third kappa shape index (κ3) is 7.81. The zero-order chi connectivity index (χ0) is 14.5. The van der Waals surface area contributed by atoms with E-state index in [0.717, 1.165) is 19.6 Å². The predicted octanol–water partition coefficient (Wildman–Crippen LogP) is 3.74. The van der Waals surface area contributed by atoms with Crippen LogP contribution in [0.5, 0.6) is 0 Å². The molecule has 1 aliphatic rings. The van der Waals surface area contributed by atoms with Crippen LogP contribution in [0.4, 0.5) is 0 Å². The van der Waals surface area contributed by atoms with E-state index in [2.05, 4.69) is 29.0 Å². The molecule has 0 saturated heterocycles. The predicted molar refractivity (Wildman–Crippen MR) is 89.3 cm³/mol. The zero-order valence-electron chi connectivity index (χ0n) is 13.3. The maximum absolute atomic E-state index is 5.62. The SMILES string of the molecule is CCCCC/C=C/CCCCCC1N=CCN1CCN. The minimum Gasteiger partial charge on any atom is -0.329 e. The molecule has 0 fully saturated rings. The lowest BCUT2D eigenvalue weighted by Gasteiger charge is -2.21. The molecule has 0 saturated carbocycles. The number of aliphatic imine (C=N–C) groups is 1. The number of rotatable bonds is 12. The molecule has 0 amide bonds. The summed E-state index contributed by atoms with van der Waals surface area (Å²) in [5, 5.41) is 0. The summed E-state index contributed by atoms with van der Waals surface area (Å²) >= 11 is 0. The van der Waals surface area contributed by atoms with Crippen LogP contribution >= 0.6 is 0 Å². The molecule has 0 aliphatic carbocycles. The van der Waals surface area contributed by atoms with Crippen molar-refractivity contribution < 1.29 is 0 Å². The average Bonchev–Trinajstić information content (AvgIpc) is 2.89. The first-order valence-electron chi connectivity index (χ1n) is 8.49. The summed E-state index contributed by atoms with van der Waals surface area (Å²) < 4.78 is 0. The number of nitrogens with two attached hydrogens (primary N) is 1. The molecule has 1 heterocycles. The van der Waals surface area contributed by atoms with Crippen LogP contribution in [-0.2, 0) is 0 Å². The van der Waals surface area contributed by atoms with Crippen molar-refractivity contribution in [2.45, 2.75) is 70.9 Å². The van der Waals surface area contributed by atoms with Gasteiger partial charge >= 0.3 is 0 Å². The topological polar surface area (TPSA) is 41.6 Å². The smallest absolute Gasteiger partial charge is 0.102 e. The van der Waals surface area contributed by atoms with E-state index in [1.54, 1.807) is 0 Å². The minimum absolute atomic E-state index is 0.406. The van der Waals surface area contributed by atoms with Crippen LogP contribution in [0.1, 0.15) is 64.7 Å². The van der Waals surface area contributed by atoms with Crippen LogP contribution in [0.2, 0.25) is 0 Å². The lowest BCUT2D eigenvalue weighted by Crippen LogP contribution is -2.34. The van der Waals surface area contributed by atoms with Crippen LogP contribution in [0, 0.1) is 0 Å². The number of hydrogen-bond donors (Lipinski definition) is 1. The maximum atomic E-state index is 5.62. The van der Waals surface area contributed by atoms with E-state index in [-0.39, 0.29) is 0 Å². The molecule has 0 aromatic rings. The first-order valence-corrected chi connectivity index (χ1v) is 8.49. The molecule has 0 bridgehead atoms. The molecule has 0 aromatic carbocycles. The molecule has 116 valence electrons. The summed E-state index contributed by atoms with van der Waals surface area (Å²) in [5.41, 5.74) is 5.62. The number of unbranched alkanes of at least 4 members (excludes halogenated alkanes) is 6. The fourth-order valence-electron chi connectivity index (χ4n) is 2.67. The second kappa shape index (κ2) is 12.1. The van der Waals surface area contributed by atoms with E-state index in [4.69, 9.17) is 5.73 Å². The Balaban J connectivity index is 1.93. The molecule has 20 heavy (non-hydrogen) atoms. The normalized spacial score (nSPS) is 19.4. The summed E-state index contributed by atoms with van der Waals surface area (Å²) in [6, 6.07) is 0. The molecule has 3 heteroatoms. The van der Waals surface area contributed by atoms with Gasteiger partial charge in [0.1, 0.15) is 6.17 Å². The lowest BCUT2D eigenvalue weighted by molar-refractivity contribution is 0.241. The number of hydrogen-bond acceptors (Lipinski definition) is 3. The molecule has 0 aromatic heterocycles. The first kappa shape index (κ1) is 17.4. The van der Waals surface area contributed by atoms with Crippen molar-refractivity contribution in [1.82, 2.24) is 4.90 Å². The highest BCUT2D eigenvalue weighted by Gasteiger charge is 2.18. The van der Waals surface area contributed by atoms with Gasteiger partial charge in [-0.3, -0.25) is 9.89 Å². The monoisotopic (exact) mass is 279 g/mol. The standard InChI is InChI=1S/C17H33N3/c1-2-3-4-5-6-7-8-9-10-11-12-17-19-14-16-20(17)15-13-18/h6-7,14,17H,2-5,8-13,15-16,18H2,1H3/b7-6+. The van der Waals surface area contributed by atoms with Crippen molar-refractivity contribution in [1.29, 1.82) is 0 Å². The quantitative estimate of drug-likeness (QED) is 0.437. The van der Waals surface area contributed by atoms with E-state index in [1.807, 2.05) is 6.21 Å². The van der Waals surface area contributed by atoms with E-state index in [0.29, 0.717) is 6.17 Å². The van der Waals surface area contributed by atoms with E-state index >= 15 is 0 Å². The summed E-state index contributed by atoms with van der Waals surface area (Å²) in [7, 11) is 0. The fraction of sp³-hybridized carbons (Fsp3) is 0.824. The van der Waals surface area contributed by atoms with Gasteiger partial charge in [0, 0.05) is 25.8 Å². The van der Waals surface area contributed by atoms with E-state index in [1.165, 1.54) is 57.8 Å². The Hall–Kier alpha value is -0.670. The van der Waals surface area contributed by atoms with Crippen molar-refractivity contribution in [3.05, 3.63) is 12.2 Å². The van der Waals surface area contributed by atoms with Crippen LogP contribution < -0.4 is 5.73 Å². The third-order valence-corrected chi connectivity index (χ3v) is 3.91. The highest BCUT2D eigenvalue weighted by molar-refractivity contribution is 5.62. The lowest BCUT2D eigenvalue weighted by atomic mass is 10.1. The second-order valence-electron chi connectivity index (χ2n) is 5.70. The van der Waals surface area contributed by atoms with Gasteiger partial charge in [-0.15, -0.1) is 0 Å². The minimum atomic E-state index is 0.406. The van der Waals surface area contributed by atoms with E-state index < -0.39 is 0 Å². The van der Waals surface area contributed by atoms with Crippen molar-refractivity contribution in [2.75, 3.05) is 19.6 Å². The van der Waals surface area contributed by atoms with Gasteiger partial charge in [-0.25, -0.2) is 0 Å². The molecular weight excluding hydrogens is 246 g/mol. The van der Waals surface area contributed by atoms with Gasteiger partial charge < -0.3 is 5.73 Å². The molecule has 0 radical (unpaired) electrons. The first-order chi connectivity index (χ1) is 9.88. The molecule has 2 N–H and O–H groups in total. The van der Waals surface area contributed by atoms with Gasteiger partial charge in [0.2, 0.25) is 0 Å². The molecule has 1 aliphatic heterocycles. The van der Waals surface area contributed by atoms with Gasteiger partial charge in [-0.05, 0) is 38.5 Å². The second-order valence-corrected chi connectivity index (χ2v) is 5.70. The largest absolute Gasteiger partial charge is 0.329 e. The summed E-state index contributed by atoms with van der Waals surface area (Å²) in [4.78, 5) is 6.93. The van der Waals surface area contributed by atoms with Gasteiger partial charge in [0.05, 0.1) is 0 Å². The van der Waals surface area contributed by atoms with Crippen LogP contribution in [0.25, 0.3) is 0 Å². The Bertz CT molecular complexity index is 273. The Kier molecular flexibility index (Phi) is 10.5. The molecule has 0 spiro atoms. The van der Waals surface area contributed by atoms with Gasteiger partial charge in [0.25, 0.3) is 0 Å².